The Morgan fingerprint density at radius 2 is 2.42 bits per heavy atom. The third kappa shape index (κ3) is 2.39. The number of fused-ring (bicyclic) bond motifs is 1. The molecular formula is C13H11NO4S. The number of thiazole rings is 1. The number of aromatic nitrogens is 1. The Kier molecular flexibility index (Phi) is 2.87. The van der Waals surface area contributed by atoms with E-state index in [2.05, 4.69) is 4.98 Å². The lowest BCUT2D eigenvalue weighted by Gasteiger charge is -2.05. The van der Waals surface area contributed by atoms with Gasteiger partial charge in [-0.2, -0.15) is 0 Å². The van der Waals surface area contributed by atoms with Gasteiger partial charge >= 0.3 is 5.97 Å². The molecule has 0 saturated carbocycles. The first-order valence-corrected chi connectivity index (χ1v) is 6.62. The van der Waals surface area contributed by atoms with Crippen molar-refractivity contribution >= 4 is 17.3 Å². The van der Waals surface area contributed by atoms with E-state index in [1.165, 1.54) is 11.3 Å². The van der Waals surface area contributed by atoms with Crippen LogP contribution in [0.5, 0.6) is 16.7 Å². The molecule has 2 aromatic rings. The standard InChI is InChI=1S/C13H11NO4S/c1-7-6-19-13(14-7)17-9-3-2-8-4-11(12(15)16)18-10(8)5-9/h2-3,5-6,11H,4H2,1H3,(H,15,16). The molecule has 1 aromatic carbocycles. The molecule has 0 spiro atoms. The van der Waals surface area contributed by atoms with Gasteiger partial charge in [0.1, 0.15) is 11.5 Å². The van der Waals surface area contributed by atoms with Crippen molar-refractivity contribution in [1.29, 1.82) is 0 Å². The maximum Gasteiger partial charge on any atom is 0.345 e. The number of benzene rings is 1. The lowest BCUT2D eigenvalue weighted by Crippen LogP contribution is -2.24. The minimum Gasteiger partial charge on any atom is -0.478 e. The highest BCUT2D eigenvalue weighted by molar-refractivity contribution is 7.11. The second kappa shape index (κ2) is 4.55. The fourth-order valence-corrected chi connectivity index (χ4v) is 2.55. The highest BCUT2D eigenvalue weighted by Crippen LogP contribution is 2.34. The quantitative estimate of drug-likeness (QED) is 0.934. The molecule has 5 nitrogen and oxygen atoms in total. The van der Waals surface area contributed by atoms with Gasteiger partial charge in [-0.05, 0) is 18.6 Å². The van der Waals surface area contributed by atoms with Crippen molar-refractivity contribution in [1.82, 2.24) is 4.98 Å². The van der Waals surface area contributed by atoms with Gasteiger partial charge in [0, 0.05) is 17.9 Å². The first-order valence-electron chi connectivity index (χ1n) is 5.74. The van der Waals surface area contributed by atoms with E-state index in [0.717, 1.165) is 11.3 Å². The van der Waals surface area contributed by atoms with Gasteiger partial charge in [-0.25, -0.2) is 9.78 Å². The number of hydrogen-bond acceptors (Lipinski definition) is 5. The summed E-state index contributed by atoms with van der Waals surface area (Å²) in [6.07, 6.45) is -0.409. The third-order valence-electron chi connectivity index (χ3n) is 2.79. The Hall–Kier alpha value is -2.08. The molecule has 3 rings (SSSR count). The van der Waals surface area contributed by atoms with E-state index >= 15 is 0 Å². The lowest BCUT2D eigenvalue weighted by molar-refractivity contribution is -0.144. The molecular weight excluding hydrogens is 266 g/mol. The molecule has 19 heavy (non-hydrogen) atoms. The maximum absolute atomic E-state index is 10.9. The van der Waals surface area contributed by atoms with Gasteiger partial charge in [-0.1, -0.05) is 17.4 Å². The van der Waals surface area contributed by atoms with Crippen molar-refractivity contribution in [3.05, 3.63) is 34.8 Å². The molecule has 0 radical (unpaired) electrons. The third-order valence-corrected chi connectivity index (χ3v) is 3.63. The Balaban J connectivity index is 1.80. The molecule has 98 valence electrons. The molecule has 1 aliphatic heterocycles. The van der Waals surface area contributed by atoms with Gasteiger partial charge in [0.25, 0.3) is 5.19 Å². The van der Waals surface area contributed by atoms with Crippen LogP contribution in [0.15, 0.2) is 23.6 Å². The molecule has 0 saturated heterocycles. The SMILES string of the molecule is Cc1csc(Oc2ccc3c(c2)OC(C(=O)O)C3)n1. The molecule has 1 atom stereocenters. The zero-order chi connectivity index (χ0) is 13.4. The molecule has 0 fully saturated rings. The summed E-state index contributed by atoms with van der Waals surface area (Å²) in [7, 11) is 0. The average molecular weight is 277 g/mol. The summed E-state index contributed by atoms with van der Waals surface area (Å²) in [5.74, 6) is 0.214. The van der Waals surface area contributed by atoms with Gasteiger partial charge in [0.05, 0.1) is 5.69 Å². The zero-order valence-electron chi connectivity index (χ0n) is 10.1. The van der Waals surface area contributed by atoms with E-state index in [4.69, 9.17) is 14.6 Å². The summed E-state index contributed by atoms with van der Waals surface area (Å²) in [4.78, 5) is 15.1. The highest BCUT2D eigenvalue weighted by Gasteiger charge is 2.29. The number of rotatable bonds is 3. The first kappa shape index (κ1) is 12.0. The number of carboxylic acid groups (broad SMARTS) is 1. The number of nitrogens with zero attached hydrogens (tertiary/aromatic N) is 1. The van der Waals surface area contributed by atoms with E-state index in [1.54, 1.807) is 12.1 Å². The predicted molar refractivity (Wildman–Crippen MR) is 69.1 cm³/mol. The Bertz CT molecular complexity index is 637. The minimum atomic E-state index is -0.950. The van der Waals surface area contributed by atoms with E-state index in [0.29, 0.717) is 23.1 Å². The predicted octanol–water partition coefficient (Wildman–Crippen LogP) is 2.63. The van der Waals surface area contributed by atoms with Crippen molar-refractivity contribution in [2.45, 2.75) is 19.4 Å². The van der Waals surface area contributed by atoms with Crippen LogP contribution in [0.25, 0.3) is 0 Å². The smallest absolute Gasteiger partial charge is 0.345 e. The number of aryl methyl sites for hydroxylation is 1. The molecule has 0 amide bonds. The van der Waals surface area contributed by atoms with Crippen LogP contribution in [-0.2, 0) is 11.2 Å². The maximum atomic E-state index is 10.9. The average Bonchev–Trinajstić information content (AvgIpc) is 2.95. The summed E-state index contributed by atoms with van der Waals surface area (Å²) < 4.78 is 11.0. The first-order chi connectivity index (χ1) is 9.11. The summed E-state index contributed by atoms with van der Waals surface area (Å²) >= 11 is 1.41. The minimum absolute atomic E-state index is 0.390. The monoisotopic (exact) mass is 277 g/mol. The topological polar surface area (TPSA) is 68.7 Å². The molecule has 2 heterocycles. The molecule has 1 aromatic heterocycles. The summed E-state index contributed by atoms with van der Waals surface area (Å²) in [5.41, 5.74) is 1.79. The summed E-state index contributed by atoms with van der Waals surface area (Å²) in [6.45, 7) is 1.90. The lowest BCUT2D eigenvalue weighted by atomic mass is 10.1. The largest absolute Gasteiger partial charge is 0.478 e. The molecule has 0 aliphatic carbocycles. The van der Waals surface area contributed by atoms with Gasteiger partial charge in [-0.15, -0.1) is 0 Å². The molecule has 6 heteroatoms. The van der Waals surface area contributed by atoms with Gasteiger partial charge in [0.2, 0.25) is 0 Å². The molecule has 1 aliphatic rings. The van der Waals surface area contributed by atoms with Crippen LogP contribution in [0.1, 0.15) is 11.3 Å². The van der Waals surface area contributed by atoms with Crippen LogP contribution in [0.2, 0.25) is 0 Å². The van der Waals surface area contributed by atoms with E-state index in [-0.39, 0.29) is 0 Å². The second-order valence-corrected chi connectivity index (χ2v) is 5.10. The number of carbonyl (C=O) groups is 1. The number of aliphatic carboxylic acids is 1. The molecule has 0 bridgehead atoms. The van der Waals surface area contributed by atoms with Gasteiger partial charge in [0.15, 0.2) is 6.10 Å². The van der Waals surface area contributed by atoms with Crippen LogP contribution in [-0.4, -0.2) is 22.2 Å². The number of carboxylic acids is 1. The van der Waals surface area contributed by atoms with Crippen LogP contribution >= 0.6 is 11.3 Å². The van der Waals surface area contributed by atoms with Crippen molar-refractivity contribution in [2.24, 2.45) is 0 Å². The molecule has 1 unspecified atom stereocenters. The van der Waals surface area contributed by atoms with Crippen LogP contribution in [0.3, 0.4) is 0 Å². The highest BCUT2D eigenvalue weighted by atomic mass is 32.1. The number of hydrogen-bond donors (Lipinski definition) is 1. The van der Waals surface area contributed by atoms with Crippen LogP contribution in [0, 0.1) is 6.92 Å². The van der Waals surface area contributed by atoms with E-state index in [1.807, 2.05) is 18.4 Å². The summed E-state index contributed by atoms with van der Waals surface area (Å²) in [5, 5.41) is 11.4. The Morgan fingerprint density at radius 3 is 3.11 bits per heavy atom. The fraction of sp³-hybridized carbons (Fsp3) is 0.231. The van der Waals surface area contributed by atoms with E-state index < -0.39 is 12.1 Å². The fourth-order valence-electron chi connectivity index (χ4n) is 1.89. The van der Waals surface area contributed by atoms with Crippen LogP contribution in [0.4, 0.5) is 0 Å². The van der Waals surface area contributed by atoms with Crippen molar-refractivity contribution in [2.75, 3.05) is 0 Å². The van der Waals surface area contributed by atoms with Crippen molar-refractivity contribution in [3.63, 3.8) is 0 Å². The number of ether oxygens (including phenoxy) is 2. The Morgan fingerprint density at radius 1 is 1.58 bits per heavy atom. The normalized spacial score (nSPS) is 16.8. The zero-order valence-corrected chi connectivity index (χ0v) is 10.9. The van der Waals surface area contributed by atoms with Gasteiger partial charge in [-0.3, -0.25) is 0 Å². The van der Waals surface area contributed by atoms with Crippen LogP contribution < -0.4 is 9.47 Å². The molecule has 1 N–H and O–H groups in total. The van der Waals surface area contributed by atoms with Crippen molar-refractivity contribution < 1.29 is 19.4 Å². The van der Waals surface area contributed by atoms with E-state index in [9.17, 15) is 4.79 Å². The Labute approximate surface area is 113 Å². The van der Waals surface area contributed by atoms with Crippen molar-refractivity contribution in [3.8, 4) is 16.7 Å². The second-order valence-electron chi connectivity index (χ2n) is 4.28. The van der Waals surface area contributed by atoms with Gasteiger partial charge < -0.3 is 14.6 Å². The summed E-state index contributed by atoms with van der Waals surface area (Å²) in [6, 6.07) is 5.33.